The van der Waals surface area contributed by atoms with E-state index in [1.165, 1.54) is 6.21 Å². The van der Waals surface area contributed by atoms with Gasteiger partial charge in [0.05, 0.1) is 6.21 Å². The largest absolute Gasteiger partial charge is 0.455 e. The number of anilines is 1. The molecule has 2 aromatic heterocycles. The van der Waals surface area contributed by atoms with Crippen LogP contribution in [0.5, 0.6) is 0 Å². The summed E-state index contributed by atoms with van der Waals surface area (Å²) in [7, 11) is 0. The molecule has 0 saturated heterocycles. The molecule has 3 rings (SSSR count). The number of nitriles is 1. The summed E-state index contributed by atoms with van der Waals surface area (Å²) in [5.74, 6) is 2.16. The van der Waals surface area contributed by atoms with Crippen molar-refractivity contribution in [3.8, 4) is 17.4 Å². The van der Waals surface area contributed by atoms with Gasteiger partial charge in [-0.1, -0.05) is 26.0 Å². The van der Waals surface area contributed by atoms with Crippen molar-refractivity contribution in [2.75, 3.05) is 5.43 Å². The van der Waals surface area contributed by atoms with Gasteiger partial charge in [0, 0.05) is 15.1 Å². The quantitative estimate of drug-likeness (QED) is 0.339. The van der Waals surface area contributed by atoms with E-state index >= 15 is 0 Å². The van der Waals surface area contributed by atoms with Crippen LogP contribution in [0.2, 0.25) is 0 Å². The number of furan rings is 1. The zero-order valence-electron chi connectivity index (χ0n) is 13.7. The maximum Gasteiger partial charge on any atom is 0.252 e. The third-order valence-corrected chi connectivity index (χ3v) is 4.01. The fourth-order valence-electron chi connectivity index (χ4n) is 2.11. The lowest BCUT2D eigenvalue weighted by atomic mass is 10.2. The van der Waals surface area contributed by atoms with E-state index in [-0.39, 0.29) is 17.5 Å². The minimum absolute atomic E-state index is 0.0907. The Labute approximate surface area is 158 Å². The minimum Gasteiger partial charge on any atom is -0.455 e. The van der Waals surface area contributed by atoms with Crippen LogP contribution in [0, 0.1) is 14.9 Å². The molecule has 0 amide bonds. The van der Waals surface area contributed by atoms with E-state index in [4.69, 9.17) is 14.1 Å². The van der Waals surface area contributed by atoms with Gasteiger partial charge in [-0.15, -0.1) is 0 Å². The summed E-state index contributed by atoms with van der Waals surface area (Å²) >= 11 is 2.26. The smallest absolute Gasteiger partial charge is 0.252 e. The number of hydrogen-bond donors (Lipinski definition) is 1. The summed E-state index contributed by atoms with van der Waals surface area (Å²) in [6, 6.07) is 13.7. The Hall–Kier alpha value is -2.60. The lowest BCUT2D eigenvalue weighted by Gasteiger charge is -1.97. The van der Waals surface area contributed by atoms with Crippen molar-refractivity contribution >= 4 is 34.7 Å². The number of oxazole rings is 1. The Morgan fingerprint density at radius 1 is 1.28 bits per heavy atom. The third kappa shape index (κ3) is 4.09. The summed E-state index contributed by atoms with van der Waals surface area (Å²) in [5, 5.41) is 13.2. The maximum absolute atomic E-state index is 9.10. The topological polar surface area (TPSA) is 87.4 Å². The predicted molar refractivity (Wildman–Crippen MR) is 103 cm³/mol. The molecule has 0 aliphatic heterocycles. The highest BCUT2D eigenvalue weighted by Crippen LogP contribution is 2.24. The lowest BCUT2D eigenvalue weighted by Crippen LogP contribution is -1.90. The van der Waals surface area contributed by atoms with Crippen molar-refractivity contribution in [2.24, 2.45) is 5.10 Å². The van der Waals surface area contributed by atoms with Gasteiger partial charge in [-0.3, -0.25) is 0 Å². The molecule has 1 aromatic carbocycles. The zero-order valence-corrected chi connectivity index (χ0v) is 15.8. The number of nitrogens with one attached hydrogen (secondary N) is 1. The molecule has 0 saturated carbocycles. The predicted octanol–water partition coefficient (Wildman–Crippen LogP) is 4.98. The van der Waals surface area contributed by atoms with Gasteiger partial charge in [0.15, 0.2) is 0 Å². The molecule has 0 bridgehead atoms. The molecule has 0 aliphatic rings. The van der Waals surface area contributed by atoms with Crippen LogP contribution in [0.3, 0.4) is 0 Å². The standard InChI is InChI=1S/C18H15IN4O2/c1-11(2)17-22-15(9-20)18(25-17)23-21-10-14-6-7-16(24-14)12-4-3-5-13(19)8-12/h3-8,10-11,23H,1-2H3. The first-order valence-electron chi connectivity index (χ1n) is 7.62. The summed E-state index contributed by atoms with van der Waals surface area (Å²) in [5.41, 5.74) is 3.89. The molecular formula is C18H15IN4O2. The van der Waals surface area contributed by atoms with Gasteiger partial charge < -0.3 is 8.83 Å². The van der Waals surface area contributed by atoms with Gasteiger partial charge in [0.1, 0.15) is 17.6 Å². The maximum atomic E-state index is 9.10. The molecule has 0 aliphatic carbocycles. The molecule has 0 spiro atoms. The van der Waals surface area contributed by atoms with Crippen molar-refractivity contribution in [2.45, 2.75) is 19.8 Å². The highest BCUT2D eigenvalue weighted by atomic mass is 127. The number of hydrogen-bond acceptors (Lipinski definition) is 6. The average molecular weight is 446 g/mol. The van der Waals surface area contributed by atoms with E-state index in [2.05, 4.69) is 38.1 Å². The molecule has 126 valence electrons. The average Bonchev–Trinajstić information content (AvgIpc) is 3.22. The van der Waals surface area contributed by atoms with E-state index in [1.54, 1.807) is 0 Å². The van der Waals surface area contributed by atoms with E-state index < -0.39 is 0 Å². The normalized spacial score (nSPS) is 11.2. The van der Waals surface area contributed by atoms with Gasteiger partial charge in [0.25, 0.3) is 5.88 Å². The number of rotatable bonds is 5. The van der Waals surface area contributed by atoms with Crippen molar-refractivity contribution in [3.05, 3.63) is 57.3 Å². The van der Waals surface area contributed by atoms with E-state index in [0.717, 1.165) is 14.9 Å². The molecule has 0 fully saturated rings. The zero-order chi connectivity index (χ0) is 17.8. The Balaban J connectivity index is 1.73. The second-order valence-corrected chi connectivity index (χ2v) is 6.82. The Morgan fingerprint density at radius 2 is 2.12 bits per heavy atom. The van der Waals surface area contributed by atoms with Gasteiger partial charge in [-0.05, 0) is 46.9 Å². The first kappa shape index (κ1) is 17.2. The second kappa shape index (κ2) is 7.53. The SMILES string of the molecule is CC(C)c1nc(C#N)c(NN=Cc2ccc(-c3cccc(I)c3)o2)o1. The lowest BCUT2D eigenvalue weighted by molar-refractivity contribution is 0.481. The first-order chi connectivity index (χ1) is 12.1. The highest BCUT2D eigenvalue weighted by molar-refractivity contribution is 14.1. The van der Waals surface area contributed by atoms with Gasteiger partial charge in [-0.25, -0.2) is 10.4 Å². The van der Waals surface area contributed by atoms with Crippen LogP contribution in [0.1, 0.15) is 37.1 Å². The van der Waals surface area contributed by atoms with Gasteiger partial charge >= 0.3 is 0 Å². The van der Waals surface area contributed by atoms with Crippen LogP contribution in [0.15, 0.2) is 50.3 Å². The van der Waals surface area contributed by atoms with Crippen LogP contribution in [-0.2, 0) is 0 Å². The summed E-state index contributed by atoms with van der Waals surface area (Å²) in [6.45, 7) is 3.88. The number of halogens is 1. The van der Waals surface area contributed by atoms with Crippen molar-refractivity contribution in [1.29, 1.82) is 5.26 Å². The number of aromatic nitrogens is 1. The van der Waals surface area contributed by atoms with Gasteiger partial charge in [0.2, 0.25) is 11.6 Å². The first-order valence-corrected chi connectivity index (χ1v) is 8.70. The molecule has 1 N–H and O–H groups in total. The Kier molecular flexibility index (Phi) is 5.19. The van der Waals surface area contributed by atoms with E-state index in [0.29, 0.717) is 11.7 Å². The molecule has 3 aromatic rings. The van der Waals surface area contributed by atoms with E-state index in [1.807, 2.05) is 56.3 Å². The molecule has 2 heterocycles. The Morgan fingerprint density at radius 3 is 2.84 bits per heavy atom. The number of nitrogens with zero attached hydrogens (tertiary/aromatic N) is 3. The fourth-order valence-corrected chi connectivity index (χ4v) is 2.65. The van der Waals surface area contributed by atoms with Gasteiger partial charge in [-0.2, -0.15) is 10.4 Å². The second-order valence-electron chi connectivity index (χ2n) is 5.58. The molecule has 0 radical (unpaired) electrons. The van der Waals surface area contributed by atoms with Crippen LogP contribution >= 0.6 is 22.6 Å². The van der Waals surface area contributed by atoms with E-state index in [9.17, 15) is 0 Å². The summed E-state index contributed by atoms with van der Waals surface area (Å²) < 4.78 is 12.4. The van der Waals surface area contributed by atoms with Crippen LogP contribution in [-0.4, -0.2) is 11.2 Å². The summed E-state index contributed by atoms with van der Waals surface area (Å²) in [6.07, 6.45) is 1.52. The van der Waals surface area contributed by atoms with Crippen LogP contribution < -0.4 is 5.43 Å². The third-order valence-electron chi connectivity index (χ3n) is 3.34. The highest BCUT2D eigenvalue weighted by Gasteiger charge is 2.14. The van der Waals surface area contributed by atoms with Crippen LogP contribution in [0.4, 0.5) is 5.88 Å². The van der Waals surface area contributed by atoms with Crippen molar-refractivity contribution in [3.63, 3.8) is 0 Å². The molecule has 25 heavy (non-hydrogen) atoms. The molecule has 6 nitrogen and oxygen atoms in total. The summed E-state index contributed by atoms with van der Waals surface area (Å²) in [4.78, 5) is 4.12. The molecule has 0 unspecified atom stereocenters. The molecule has 7 heteroatoms. The Bertz CT molecular complexity index is 950. The molecular weight excluding hydrogens is 431 g/mol. The minimum atomic E-state index is 0.0907. The monoisotopic (exact) mass is 446 g/mol. The molecule has 0 atom stereocenters. The van der Waals surface area contributed by atoms with Crippen LogP contribution in [0.25, 0.3) is 11.3 Å². The van der Waals surface area contributed by atoms with Crippen molar-refractivity contribution in [1.82, 2.24) is 4.98 Å². The number of benzene rings is 1. The van der Waals surface area contributed by atoms with Crippen molar-refractivity contribution < 1.29 is 8.83 Å². The fraction of sp³-hybridized carbons (Fsp3) is 0.167. The number of hydrazone groups is 1.